The predicted molar refractivity (Wildman–Crippen MR) is 89.1 cm³/mol. The average Bonchev–Trinajstić information content (AvgIpc) is 2.96. The van der Waals surface area contributed by atoms with Crippen LogP contribution < -0.4 is 10.6 Å². The fourth-order valence-corrected chi connectivity index (χ4v) is 2.02. The van der Waals surface area contributed by atoms with Gasteiger partial charge in [-0.1, -0.05) is 17.7 Å². The highest BCUT2D eigenvalue weighted by molar-refractivity contribution is 6.32. The summed E-state index contributed by atoms with van der Waals surface area (Å²) in [6, 6.07) is 4.37. The number of hydrogen-bond donors (Lipinski definition) is 2. The van der Waals surface area contributed by atoms with Crippen LogP contribution in [0.3, 0.4) is 0 Å². The third-order valence-corrected chi connectivity index (χ3v) is 3.26. The summed E-state index contributed by atoms with van der Waals surface area (Å²) in [6.07, 6.45) is 8.43. The summed E-state index contributed by atoms with van der Waals surface area (Å²) in [5.74, 6) is 0.866. The van der Waals surface area contributed by atoms with Gasteiger partial charge in [-0.2, -0.15) is 10.1 Å². The molecule has 2 radical (unpaired) electrons. The molecule has 3 aromatic rings. The van der Waals surface area contributed by atoms with Crippen LogP contribution in [-0.4, -0.2) is 24.7 Å². The number of hydrogen-bond acceptors (Lipinski definition) is 6. The monoisotopic (exact) mass is 327 g/mol. The van der Waals surface area contributed by atoms with E-state index in [9.17, 15) is 0 Å². The molecule has 2 N–H and O–H groups in total. The molecule has 3 aromatic heterocycles. The van der Waals surface area contributed by atoms with Gasteiger partial charge in [-0.25, -0.2) is 4.98 Å². The Morgan fingerprint density at radius 3 is 2.87 bits per heavy atom. The molecule has 0 aliphatic rings. The lowest BCUT2D eigenvalue weighted by molar-refractivity contribution is 0.768. The number of anilines is 3. The summed E-state index contributed by atoms with van der Waals surface area (Å²) in [6.45, 7) is 3.97. The molecule has 0 saturated carbocycles. The van der Waals surface area contributed by atoms with E-state index in [2.05, 4.69) is 37.6 Å². The molecule has 0 spiro atoms. The van der Waals surface area contributed by atoms with Crippen LogP contribution in [0, 0.1) is 13.0 Å². The zero-order valence-corrected chi connectivity index (χ0v) is 13.1. The number of halogens is 1. The van der Waals surface area contributed by atoms with Crippen molar-refractivity contribution in [3.63, 3.8) is 0 Å². The molecule has 3 rings (SSSR count). The molecule has 23 heavy (non-hydrogen) atoms. The topological polar surface area (TPSA) is 80.5 Å². The van der Waals surface area contributed by atoms with Gasteiger partial charge in [-0.05, 0) is 18.6 Å². The Bertz CT molecular complexity index is 788. The van der Waals surface area contributed by atoms with Crippen LogP contribution in [0.4, 0.5) is 17.5 Å². The van der Waals surface area contributed by atoms with Crippen molar-refractivity contribution >= 4 is 29.1 Å². The fourth-order valence-electron chi connectivity index (χ4n) is 1.89. The third kappa shape index (κ3) is 3.75. The molecular formula is C15H14ClN7. The quantitative estimate of drug-likeness (QED) is 0.750. The molecule has 0 saturated heterocycles. The van der Waals surface area contributed by atoms with Crippen molar-refractivity contribution in [1.29, 1.82) is 0 Å². The Morgan fingerprint density at radius 1 is 1.30 bits per heavy atom. The first-order valence-electron chi connectivity index (χ1n) is 6.76. The van der Waals surface area contributed by atoms with E-state index in [4.69, 9.17) is 11.6 Å². The zero-order chi connectivity index (χ0) is 16.2. The van der Waals surface area contributed by atoms with Gasteiger partial charge in [-0.15, -0.1) is 0 Å². The first kappa shape index (κ1) is 15.2. The highest BCUT2D eigenvalue weighted by Crippen LogP contribution is 2.24. The summed E-state index contributed by atoms with van der Waals surface area (Å²) in [7, 11) is 1.83. The van der Waals surface area contributed by atoms with Crippen LogP contribution in [0.1, 0.15) is 5.56 Å². The molecule has 0 amide bonds. The summed E-state index contributed by atoms with van der Waals surface area (Å²) >= 11 is 6.15. The summed E-state index contributed by atoms with van der Waals surface area (Å²) < 4.78 is 1.68. The van der Waals surface area contributed by atoms with Crippen LogP contribution in [0.15, 0.2) is 43.1 Å². The van der Waals surface area contributed by atoms with Crippen LogP contribution in [-0.2, 0) is 7.05 Å². The number of nitrogens with one attached hydrogen (secondary N) is 2. The molecule has 0 fully saturated rings. The van der Waals surface area contributed by atoms with E-state index >= 15 is 0 Å². The molecule has 3 heterocycles. The molecule has 7 nitrogen and oxygen atoms in total. The van der Waals surface area contributed by atoms with Crippen molar-refractivity contribution in [1.82, 2.24) is 24.7 Å². The van der Waals surface area contributed by atoms with Crippen LogP contribution in [0.5, 0.6) is 0 Å². The van der Waals surface area contributed by atoms with Crippen LogP contribution >= 0.6 is 11.6 Å². The SMILES string of the molecule is [CH2][C](Nc1nc(Nc2cnn(C)c2)ncc1Cl)c1cccnc1. The standard InChI is InChI=1S/C15H14ClN7/c1-10(11-4-3-5-17-6-11)20-14-13(16)8-18-15(22-14)21-12-7-19-23(2)9-12/h3-9H,1H2,2H3,(H2,18,20,21,22). The number of aryl methyl sites for hydroxylation is 1. The highest BCUT2D eigenvalue weighted by Gasteiger charge is 2.12. The Labute approximate surface area is 138 Å². The fraction of sp³-hybridized carbons (Fsp3) is 0.0667. The van der Waals surface area contributed by atoms with Gasteiger partial charge in [-0.3, -0.25) is 9.67 Å². The van der Waals surface area contributed by atoms with E-state index in [1.165, 1.54) is 6.20 Å². The van der Waals surface area contributed by atoms with Gasteiger partial charge in [0.1, 0.15) is 5.02 Å². The lowest BCUT2D eigenvalue weighted by Gasteiger charge is -2.14. The maximum Gasteiger partial charge on any atom is 0.229 e. The minimum absolute atomic E-state index is 0.395. The molecule has 0 aliphatic heterocycles. The minimum Gasteiger partial charge on any atom is -0.356 e. The predicted octanol–water partition coefficient (Wildman–Crippen LogP) is 2.83. The second-order valence-corrected chi connectivity index (χ2v) is 5.17. The lowest BCUT2D eigenvalue weighted by Crippen LogP contribution is -2.11. The Kier molecular flexibility index (Phi) is 4.38. The van der Waals surface area contributed by atoms with Crippen LogP contribution in [0.2, 0.25) is 5.02 Å². The zero-order valence-electron chi connectivity index (χ0n) is 12.4. The summed E-state index contributed by atoms with van der Waals surface area (Å²) in [4.78, 5) is 12.6. The Hall–Kier alpha value is -2.67. The van der Waals surface area contributed by atoms with Gasteiger partial charge in [0.25, 0.3) is 0 Å². The average molecular weight is 328 g/mol. The van der Waals surface area contributed by atoms with Gasteiger partial charge >= 0.3 is 0 Å². The molecule has 116 valence electrons. The van der Waals surface area contributed by atoms with Crippen molar-refractivity contribution in [2.24, 2.45) is 7.05 Å². The van der Waals surface area contributed by atoms with E-state index < -0.39 is 0 Å². The molecule has 0 aromatic carbocycles. The second kappa shape index (κ2) is 6.62. The van der Waals surface area contributed by atoms with Gasteiger partial charge in [0.15, 0.2) is 5.82 Å². The molecule has 8 heteroatoms. The Morgan fingerprint density at radius 2 is 2.17 bits per heavy atom. The van der Waals surface area contributed by atoms with Crippen molar-refractivity contribution in [2.75, 3.05) is 10.6 Å². The number of pyridine rings is 1. The normalized spacial score (nSPS) is 10.8. The molecule has 0 atom stereocenters. The smallest absolute Gasteiger partial charge is 0.229 e. The van der Waals surface area contributed by atoms with E-state index in [1.807, 2.05) is 25.4 Å². The van der Waals surface area contributed by atoms with Gasteiger partial charge in [0, 0.05) is 25.6 Å². The van der Waals surface area contributed by atoms with Crippen molar-refractivity contribution in [3.05, 3.63) is 66.7 Å². The van der Waals surface area contributed by atoms with Crippen molar-refractivity contribution in [2.45, 2.75) is 0 Å². The first-order valence-corrected chi connectivity index (χ1v) is 7.14. The highest BCUT2D eigenvalue weighted by atomic mass is 35.5. The molecule has 0 aliphatic carbocycles. The second-order valence-electron chi connectivity index (χ2n) is 4.76. The minimum atomic E-state index is 0.395. The van der Waals surface area contributed by atoms with Gasteiger partial charge in [0.05, 0.1) is 24.1 Å². The first-order chi connectivity index (χ1) is 11.1. The van der Waals surface area contributed by atoms with Crippen molar-refractivity contribution < 1.29 is 0 Å². The third-order valence-electron chi connectivity index (χ3n) is 2.98. The van der Waals surface area contributed by atoms with Gasteiger partial charge < -0.3 is 10.6 Å². The number of rotatable bonds is 5. The molecular weight excluding hydrogens is 314 g/mol. The Balaban J connectivity index is 1.77. The maximum atomic E-state index is 6.15. The summed E-state index contributed by atoms with van der Waals surface area (Å²) in [5, 5.41) is 10.6. The molecule has 0 bridgehead atoms. The largest absolute Gasteiger partial charge is 0.356 e. The van der Waals surface area contributed by atoms with E-state index in [1.54, 1.807) is 23.3 Å². The van der Waals surface area contributed by atoms with Gasteiger partial charge in [0.2, 0.25) is 5.95 Å². The molecule has 0 unspecified atom stereocenters. The number of nitrogens with zero attached hydrogens (tertiary/aromatic N) is 5. The number of aromatic nitrogens is 5. The maximum absolute atomic E-state index is 6.15. The van der Waals surface area contributed by atoms with Crippen molar-refractivity contribution in [3.8, 4) is 0 Å². The van der Waals surface area contributed by atoms with Crippen LogP contribution in [0.25, 0.3) is 0 Å². The lowest BCUT2D eigenvalue weighted by atomic mass is 10.1. The van der Waals surface area contributed by atoms with E-state index in [-0.39, 0.29) is 0 Å². The summed E-state index contributed by atoms with van der Waals surface area (Å²) in [5.41, 5.74) is 1.64. The van der Waals surface area contributed by atoms with E-state index in [0.717, 1.165) is 11.3 Å². The van der Waals surface area contributed by atoms with E-state index in [0.29, 0.717) is 22.8 Å².